The van der Waals surface area contributed by atoms with E-state index < -0.39 is 48.6 Å². The number of aliphatic hydroxyl groups excluding tert-OH is 1. The molecule has 134 valence electrons. The molecule has 1 fully saturated rings. The first kappa shape index (κ1) is 19.9. The molecule has 0 saturated carbocycles. The maximum atomic E-state index is 11.4. The molecule has 0 aromatic carbocycles. The van der Waals surface area contributed by atoms with Gasteiger partial charge in [-0.2, -0.15) is 0 Å². The zero-order valence-electron chi connectivity index (χ0n) is 13.6. The van der Waals surface area contributed by atoms with Crippen LogP contribution >= 0.6 is 0 Å². The second-order valence-corrected chi connectivity index (χ2v) is 5.01. The number of esters is 3. The number of ether oxygens (including phenoxy) is 5. The average Bonchev–Trinajstić information content (AvgIpc) is 2.45. The standard InChI is InChI=1S/C15H20O9/c1-5-6-20-7-11-12(21-8(2)16)13(22-9(3)17)14(15(19)24-11)23-10(4)18/h1,11-15,19H,6-7H2,2-4H3/t11-,12+,13+,14-,15?/m1/s1. The minimum absolute atomic E-state index is 0.0334. The van der Waals surface area contributed by atoms with Crippen molar-refractivity contribution in [3.8, 4) is 12.3 Å². The highest BCUT2D eigenvalue weighted by atomic mass is 16.7. The fraction of sp³-hybridized carbons (Fsp3) is 0.667. The molecule has 1 N–H and O–H groups in total. The van der Waals surface area contributed by atoms with E-state index in [1.807, 2.05) is 0 Å². The summed E-state index contributed by atoms with van der Waals surface area (Å²) in [7, 11) is 0. The summed E-state index contributed by atoms with van der Waals surface area (Å²) >= 11 is 0. The van der Waals surface area contributed by atoms with Crippen molar-refractivity contribution in [3.05, 3.63) is 0 Å². The molecule has 0 aliphatic carbocycles. The van der Waals surface area contributed by atoms with Gasteiger partial charge in [-0.15, -0.1) is 6.42 Å². The number of terminal acetylenes is 1. The topological polar surface area (TPSA) is 118 Å². The van der Waals surface area contributed by atoms with E-state index in [-0.39, 0.29) is 13.2 Å². The Bertz CT molecular complexity index is 510. The summed E-state index contributed by atoms with van der Waals surface area (Å²) in [6, 6.07) is 0. The fourth-order valence-corrected chi connectivity index (χ4v) is 2.24. The summed E-state index contributed by atoms with van der Waals surface area (Å²) < 4.78 is 25.6. The van der Waals surface area contributed by atoms with Crippen LogP contribution in [0.2, 0.25) is 0 Å². The zero-order chi connectivity index (χ0) is 18.3. The number of aliphatic hydroxyl groups is 1. The first-order chi connectivity index (χ1) is 11.3. The lowest BCUT2D eigenvalue weighted by molar-refractivity contribution is -0.296. The van der Waals surface area contributed by atoms with E-state index >= 15 is 0 Å². The number of carbonyl (C=O) groups excluding carboxylic acids is 3. The second-order valence-electron chi connectivity index (χ2n) is 5.01. The van der Waals surface area contributed by atoms with E-state index in [0.717, 1.165) is 20.8 Å². The number of rotatable bonds is 6. The van der Waals surface area contributed by atoms with Gasteiger partial charge in [-0.05, 0) is 0 Å². The molecule has 9 nitrogen and oxygen atoms in total. The minimum atomic E-state index is -1.61. The lowest BCUT2D eigenvalue weighted by Crippen LogP contribution is -2.62. The van der Waals surface area contributed by atoms with Crippen molar-refractivity contribution >= 4 is 17.9 Å². The van der Waals surface area contributed by atoms with Gasteiger partial charge in [-0.1, -0.05) is 5.92 Å². The molecule has 1 saturated heterocycles. The van der Waals surface area contributed by atoms with Crippen molar-refractivity contribution in [2.24, 2.45) is 0 Å². The van der Waals surface area contributed by atoms with Crippen molar-refractivity contribution in [2.75, 3.05) is 13.2 Å². The van der Waals surface area contributed by atoms with Crippen molar-refractivity contribution in [3.63, 3.8) is 0 Å². The summed E-state index contributed by atoms with van der Waals surface area (Å²) in [5.41, 5.74) is 0. The van der Waals surface area contributed by atoms with Crippen LogP contribution in [-0.2, 0) is 38.1 Å². The lowest BCUT2D eigenvalue weighted by atomic mass is 9.98. The molecule has 0 aromatic rings. The largest absolute Gasteiger partial charge is 0.456 e. The van der Waals surface area contributed by atoms with Gasteiger partial charge in [-0.3, -0.25) is 14.4 Å². The summed E-state index contributed by atoms with van der Waals surface area (Å²) in [5, 5.41) is 10.1. The van der Waals surface area contributed by atoms with Gasteiger partial charge in [0, 0.05) is 20.8 Å². The van der Waals surface area contributed by atoms with E-state index in [1.165, 1.54) is 0 Å². The molecule has 1 rings (SSSR count). The highest BCUT2D eigenvalue weighted by Crippen LogP contribution is 2.28. The summed E-state index contributed by atoms with van der Waals surface area (Å²) in [5.74, 6) is 0.121. The third-order valence-electron chi connectivity index (χ3n) is 2.98. The van der Waals surface area contributed by atoms with E-state index in [9.17, 15) is 19.5 Å². The summed E-state index contributed by atoms with van der Waals surface area (Å²) in [6.07, 6.45) is -1.29. The quantitative estimate of drug-likeness (QED) is 0.284. The van der Waals surface area contributed by atoms with Crippen molar-refractivity contribution in [1.29, 1.82) is 0 Å². The number of carbonyl (C=O) groups is 3. The second kappa shape index (κ2) is 9.22. The predicted octanol–water partition coefficient (Wildman–Crippen LogP) is -0.851. The van der Waals surface area contributed by atoms with Crippen LogP contribution in [0.3, 0.4) is 0 Å². The molecule has 1 aliphatic heterocycles. The van der Waals surface area contributed by atoms with Gasteiger partial charge in [0.1, 0.15) is 12.7 Å². The van der Waals surface area contributed by atoms with Gasteiger partial charge in [0.2, 0.25) is 0 Å². The zero-order valence-corrected chi connectivity index (χ0v) is 13.6. The van der Waals surface area contributed by atoms with Crippen molar-refractivity contribution in [1.82, 2.24) is 0 Å². The van der Waals surface area contributed by atoms with Crippen LogP contribution in [0.1, 0.15) is 20.8 Å². The Balaban J connectivity index is 3.07. The fourth-order valence-electron chi connectivity index (χ4n) is 2.24. The Kier molecular flexibility index (Phi) is 7.64. The summed E-state index contributed by atoms with van der Waals surface area (Å²) in [4.78, 5) is 34.0. The molecule has 5 atom stereocenters. The number of hydrogen-bond acceptors (Lipinski definition) is 9. The van der Waals surface area contributed by atoms with Gasteiger partial charge in [0.25, 0.3) is 0 Å². The average molecular weight is 344 g/mol. The van der Waals surface area contributed by atoms with E-state index in [2.05, 4.69) is 5.92 Å². The van der Waals surface area contributed by atoms with Crippen LogP contribution in [0.5, 0.6) is 0 Å². The highest BCUT2D eigenvalue weighted by molar-refractivity contribution is 5.68. The Labute approximate surface area is 139 Å². The molecule has 0 spiro atoms. The van der Waals surface area contributed by atoms with E-state index in [1.54, 1.807) is 0 Å². The molecule has 1 heterocycles. The molecular weight excluding hydrogens is 324 g/mol. The SMILES string of the molecule is C#CCOC[C@H]1OC(O)[C@H](OC(C)=O)[C@@H](OC(C)=O)[C@H]1OC(C)=O. The first-order valence-electron chi connectivity index (χ1n) is 7.12. The van der Waals surface area contributed by atoms with Gasteiger partial charge in [-0.25, -0.2) is 0 Å². The van der Waals surface area contributed by atoms with Gasteiger partial charge >= 0.3 is 17.9 Å². The van der Waals surface area contributed by atoms with E-state index in [0.29, 0.717) is 0 Å². The van der Waals surface area contributed by atoms with Crippen LogP contribution < -0.4 is 0 Å². The van der Waals surface area contributed by atoms with Crippen molar-refractivity contribution in [2.45, 2.75) is 51.5 Å². The molecule has 1 aliphatic rings. The molecule has 0 aromatic heterocycles. The Morgan fingerprint density at radius 3 is 2.00 bits per heavy atom. The normalized spacial score (nSPS) is 29.2. The summed E-state index contributed by atoms with van der Waals surface area (Å²) in [6.45, 7) is 3.22. The first-order valence-corrected chi connectivity index (χ1v) is 7.12. The highest BCUT2D eigenvalue weighted by Gasteiger charge is 2.51. The molecule has 0 radical (unpaired) electrons. The number of hydrogen-bond donors (Lipinski definition) is 1. The van der Waals surface area contributed by atoms with Crippen LogP contribution in [-0.4, -0.2) is 66.9 Å². The van der Waals surface area contributed by atoms with Gasteiger partial charge in [0.15, 0.2) is 24.6 Å². The minimum Gasteiger partial charge on any atom is -0.456 e. The molecule has 1 unspecified atom stereocenters. The maximum Gasteiger partial charge on any atom is 0.303 e. The monoisotopic (exact) mass is 344 g/mol. The smallest absolute Gasteiger partial charge is 0.303 e. The molecule has 9 heteroatoms. The van der Waals surface area contributed by atoms with Crippen molar-refractivity contribution < 1.29 is 43.2 Å². The Morgan fingerprint density at radius 2 is 1.50 bits per heavy atom. The van der Waals surface area contributed by atoms with E-state index in [4.69, 9.17) is 30.1 Å². The third kappa shape index (κ3) is 5.81. The van der Waals surface area contributed by atoms with Gasteiger partial charge in [0.05, 0.1) is 6.61 Å². The van der Waals surface area contributed by atoms with Crippen LogP contribution in [0.4, 0.5) is 0 Å². The van der Waals surface area contributed by atoms with Gasteiger partial charge < -0.3 is 28.8 Å². The predicted molar refractivity (Wildman–Crippen MR) is 77.2 cm³/mol. The van der Waals surface area contributed by atoms with Crippen LogP contribution in [0.15, 0.2) is 0 Å². The third-order valence-corrected chi connectivity index (χ3v) is 2.98. The molecule has 0 amide bonds. The molecule has 0 bridgehead atoms. The van der Waals surface area contributed by atoms with Crippen LogP contribution in [0.25, 0.3) is 0 Å². The lowest BCUT2D eigenvalue weighted by Gasteiger charge is -2.42. The van der Waals surface area contributed by atoms with Crippen LogP contribution in [0, 0.1) is 12.3 Å². The molecule has 24 heavy (non-hydrogen) atoms. The Morgan fingerprint density at radius 1 is 1.00 bits per heavy atom. The molecular formula is C15H20O9. The maximum absolute atomic E-state index is 11.4. The Hall–Kier alpha value is -2.15.